The van der Waals surface area contributed by atoms with Crippen LogP contribution < -0.4 is 9.47 Å². The first-order chi connectivity index (χ1) is 13.0. The van der Waals surface area contributed by atoms with Crippen LogP contribution in [0.2, 0.25) is 0 Å². The van der Waals surface area contributed by atoms with E-state index in [2.05, 4.69) is 9.97 Å². The summed E-state index contributed by atoms with van der Waals surface area (Å²) >= 11 is 0. The molecule has 1 heterocycles. The normalized spacial score (nSPS) is 11.4. The minimum Gasteiger partial charge on any atom is -0.497 e. The molecule has 2 N–H and O–H groups in total. The molecule has 0 saturated carbocycles. The monoisotopic (exact) mass is 388 g/mol. The van der Waals surface area contributed by atoms with Crippen LogP contribution >= 0.6 is 0 Å². The van der Waals surface area contributed by atoms with E-state index in [9.17, 15) is 8.42 Å². The van der Waals surface area contributed by atoms with Gasteiger partial charge in [0, 0.05) is 11.1 Å². The van der Waals surface area contributed by atoms with E-state index in [-0.39, 0.29) is 5.16 Å². The highest BCUT2D eigenvalue weighted by Crippen LogP contribution is 2.33. The van der Waals surface area contributed by atoms with Gasteiger partial charge in [-0.3, -0.25) is 0 Å². The summed E-state index contributed by atoms with van der Waals surface area (Å²) in [6.07, 6.45) is 0. The third kappa shape index (κ3) is 3.96. The lowest BCUT2D eigenvalue weighted by molar-refractivity contribution is 0.319. The molecule has 142 valence electrons. The maximum absolute atomic E-state index is 12.4. The first-order valence-corrected chi connectivity index (χ1v) is 9.86. The van der Waals surface area contributed by atoms with Gasteiger partial charge in [-0.1, -0.05) is 0 Å². The second-order valence-electron chi connectivity index (χ2n) is 5.77. The lowest BCUT2D eigenvalue weighted by Crippen LogP contribution is -2.11. The maximum atomic E-state index is 12.4. The summed E-state index contributed by atoms with van der Waals surface area (Å²) in [6, 6.07) is 14.4. The van der Waals surface area contributed by atoms with Crippen LogP contribution in [0.5, 0.6) is 11.5 Å². The van der Waals surface area contributed by atoms with Crippen molar-refractivity contribution in [3.63, 3.8) is 0 Å². The van der Waals surface area contributed by atoms with E-state index in [1.165, 1.54) is 0 Å². The number of nitrogens with zero attached hydrogens (tertiary/aromatic N) is 1. The van der Waals surface area contributed by atoms with Crippen LogP contribution in [-0.4, -0.2) is 50.1 Å². The molecule has 27 heavy (non-hydrogen) atoms. The van der Waals surface area contributed by atoms with Gasteiger partial charge < -0.3 is 19.6 Å². The number of ether oxygens (including phenoxy) is 2. The fourth-order valence-corrected chi connectivity index (χ4v) is 3.56. The second-order valence-corrected chi connectivity index (χ2v) is 7.79. The lowest BCUT2D eigenvalue weighted by Gasteiger charge is -2.06. The molecule has 0 amide bonds. The summed E-state index contributed by atoms with van der Waals surface area (Å²) in [5.74, 6) is 0.982. The fourth-order valence-electron chi connectivity index (χ4n) is 2.64. The number of hydrogen-bond donors (Lipinski definition) is 2. The number of methoxy groups -OCH3 is 2. The van der Waals surface area contributed by atoms with Crippen LogP contribution in [0.1, 0.15) is 0 Å². The third-order valence-corrected chi connectivity index (χ3v) is 5.58. The zero-order valence-electron chi connectivity index (χ0n) is 15.0. The largest absolute Gasteiger partial charge is 0.497 e. The van der Waals surface area contributed by atoms with Crippen molar-refractivity contribution in [3.05, 3.63) is 48.5 Å². The number of rotatable bonds is 7. The molecule has 2 aromatic carbocycles. The van der Waals surface area contributed by atoms with Crippen molar-refractivity contribution in [3.8, 4) is 34.0 Å². The van der Waals surface area contributed by atoms with Gasteiger partial charge in [0.1, 0.15) is 11.5 Å². The Labute approximate surface area is 157 Å². The number of hydrogen-bond acceptors (Lipinski definition) is 6. The molecule has 3 rings (SSSR count). The molecule has 1 aromatic heterocycles. The summed E-state index contributed by atoms with van der Waals surface area (Å²) in [6.45, 7) is -0.473. The molecule has 0 unspecified atom stereocenters. The van der Waals surface area contributed by atoms with Gasteiger partial charge in [0.25, 0.3) is 0 Å². The molecule has 0 fully saturated rings. The van der Waals surface area contributed by atoms with Gasteiger partial charge in [0.2, 0.25) is 15.0 Å². The Morgan fingerprint density at radius 1 is 0.926 bits per heavy atom. The molecule has 7 nitrogen and oxygen atoms in total. The summed E-state index contributed by atoms with van der Waals surface area (Å²) in [4.78, 5) is 7.22. The topological polar surface area (TPSA) is 102 Å². The summed E-state index contributed by atoms with van der Waals surface area (Å²) < 4.78 is 35.1. The summed E-state index contributed by atoms with van der Waals surface area (Å²) in [7, 11) is -0.567. The maximum Gasteiger partial charge on any atom is 0.226 e. The van der Waals surface area contributed by atoms with Crippen molar-refractivity contribution in [1.82, 2.24) is 9.97 Å². The van der Waals surface area contributed by atoms with E-state index < -0.39 is 22.2 Å². The molecule has 0 aliphatic carbocycles. The predicted molar refractivity (Wildman–Crippen MR) is 102 cm³/mol. The zero-order valence-corrected chi connectivity index (χ0v) is 15.8. The minimum absolute atomic E-state index is 0.173. The Balaban J connectivity index is 2.14. The van der Waals surface area contributed by atoms with Crippen molar-refractivity contribution < 1.29 is 23.0 Å². The Bertz CT molecular complexity index is 944. The minimum atomic E-state index is -3.72. The van der Waals surface area contributed by atoms with Crippen molar-refractivity contribution in [2.24, 2.45) is 0 Å². The molecular weight excluding hydrogens is 368 g/mol. The third-order valence-electron chi connectivity index (χ3n) is 4.08. The average Bonchev–Trinajstić information content (AvgIpc) is 3.14. The SMILES string of the molecule is COc1ccc(-c2nc(S(=O)(=O)CCO)[nH]c2-c2ccc(OC)cc2)cc1. The smallest absolute Gasteiger partial charge is 0.226 e. The molecule has 0 aliphatic rings. The van der Waals surface area contributed by atoms with E-state index in [1.54, 1.807) is 38.5 Å². The standard InChI is InChI=1S/C19H20N2O5S/c1-25-15-7-3-13(4-8-15)17-18(14-5-9-16(26-2)10-6-14)21-19(20-17)27(23,24)12-11-22/h3-10,22H,11-12H2,1-2H3,(H,20,21). The van der Waals surface area contributed by atoms with Crippen LogP contribution in [0.4, 0.5) is 0 Å². The van der Waals surface area contributed by atoms with Crippen LogP contribution in [0.25, 0.3) is 22.5 Å². The first-order valence-electron chi connectivity index (χ1n) is 8.21. The molecule has 8 heteroatoms. The van der Waals surface area contributed by atoms with Crippen LogP contribution in [0, 0.1) is 0 Å². The number of aliphatic hydroxyl groups excluding tert-OH is 1. The number of H-pyrrole nitrogens is 1. The number of benzene rings is 2. The van der Waals surface area contributed by atoms with Crippen LogP contribution in [0.3, 0.4) is 0 Å². The van der Waals surface area contributed by atoms with E-state index >= 15 is 0 Å². The fraction of sp³-hybridized carbons (Fsp3) is 0.211. The Kier molecular flexibility index (Phi) is 5.48. The van der Waals surface area contributed by atoms with Gasteiger partial charge >= 0.3 is 0 Å². The highest BCUT2D eigenvalue weighted by Gasteiger charge is 2.23. The Hall–Kier alpha value is -2.84. The molecule has 0 radical (unpaired) electrons. The molecule has 3 aromatic rings. The average molecular weight is 388 g/mol. The van der Waals surface area contributed by atoms with Crippen LogP contribution in [0.15, 0.2) is 53.7 Å². The number of aromatic amines is 1. The lowest BCUT2D eigenvalue weighted by atomic mass is 10.0. The Morgan fingerprint density at radius 2 is 1.44 bits per heavy atom. The van der Waals surface area contributed by atoms with Gasteiger partial charge in [-0.15, -0.1) is 0 Å². The number of aliphatic hydroxyl groups is 1. The number of aromatic nitrogens is 2. The van der Waals surface area contributed by atoms with E-state index in [0.717, 1.165) is 11.1 Å². The van der Waals surface area contributed by atoms with Crippen LogP contribution in [-0.2, 0) is 9.84 Å². The van der Waals surface area contributed by atoms with Crippen molar-refractivity contribution in [2.75, 3.05) is 26.6 Å². The quantitative estimate of drug-likeness (QED) is 0.645. The predicted octanol–water partition coefficient (Wildman–Crippen LogP) is 2.53. The van der Waals surface area contributed by atoms with E-state index in [0.29, 0.717) is 22.9 Å². The van der Waals surface area contributed by atoms with Gasteiger partial charge in [0.05, 0.1) is 38.0 Å². The van der Waals surface area contributed by atoms with E-state index in [4.69, 9.17) is 14.6 Å². The summed E-state index contributed by atoms with van der Waals surface area (Å²) in [5, 5.41) is 8.87. The molecule has 0 saturated heterocycles. The van der Waals surface area contributed by atoms with Crippen molar-refractivity contribution in [2.45, 2.75) is 5.16 Å². The van der Waals surface area contributed by atoms with Gasteiger partial charge in [-0.05, 0) is 48.5 Å². The molecular formula is C19H20N2O5S. The van der Waals surface area contributed by atoms with Gasteiger partial charge in [-0.25, -0.2) is 13.4 Å². The number of sulfone groups is 1. The molecule has 0 spiro atoms. The molecule has 0 aliphatic heterocycles. The van der Waals surface area contributed by atoms with E-state index in [1.807, 2.05) is 24.3 Å². The van der Waals surface area contributed by atoms with Gasteiger partial charge in [0.15, 0.2) is 0 Å². The number of imidazole rings is 1. The first kappa shape index (κ1) is 18.9. The second kappa shape index (κ2) is 7.81. The highest BCUT2D eigenvalue weighted by atomic mass is 32.2. The van der Waals surface area contributed by atoms with Gasteiger partial charge in [-0.2, -0.15) is 0 Å². The van der Waals surface area contributed by atoms with Crippen molar-refractivity contribution in [1.29, 1.82) is 0 Å². The van der Waals surface area contributed by atoms with Crippen molar-refractivity contribution >= 4 is 9.84 Å². The molecule has 0 bridgehead atoms. The zero-order chi connectivity index (χ0) is 19.4. The molecule has 0 atom stereocenters. The number of nitrogens with one attached hydrogen (secondary N) is 1. The highest BCUT2D eigenvalue weighted by molar-refractivity contribution is 7.91. The summed E-state index contributed by atoms with van der Waals surface area (Å²) in [5.41, 5.74) is 2.57. The Morgan fingerprint density at radius 3 is 1.93 bits per heavy atom.